The molecule has 1 aliphatic carbocycles. The SMILES string of the molecule is CCCc1cnc(C(=O)C[C@H]2CC[C@H](CCCCl)CC2)nc1. The van der Waals surface area contributed by atoms with Crippen molar-refractivity contribution in [3.05, 3.63) is 23.8 Å². The predicted molar refractivity (Wildman–Crippen MR) is 90.4 cm³/mol. The summed E-state index contributed by atoms with van der Waals surface area (Å²) in [6, 6.07) is 0. The smallest absolute Gasteiger partial charge is 0.200 e. The van der Waals surface area contributed by atoms with Gasteiger partial charge in [0.1, 0.15) is 0 Å². The molecule has 2 rings (SSSR count). The van der Waals surface area contributed by atoms with E-state index in [2.05, 4.69) is 16.9 Å². The molecule has 0 aliphatic heterocycles. The third-order valence-electron chi connectivity index (χ3n) is 4.68. The third kappa shape index (κ3) is 5.35. The van der Waals surface area contributed by atoms with E-state index in [4.69, 9.17) is 11.6 Å². The van der Waals surface area contributed by atoms with E-state index in [1.807, 2.05) is 0 Å². The molecule has 1 saturated carbocycles. The highest BCUT2D eigenvalue weighted by molar-refractivity contribution is 6.17. The quantitative estimate of drug-likeness (QED) is 0.508. The topological polar surface area (TPSA) is 42.9 Å². The molecule has 122 valence electrons. The van der Waals surface area contributed by atoms with Crippen molar-refractivity contribution < 1.29 is 4.79 Å². The summed E-state index contributed by atoms with van der Waals surface area (Å²) in [7, 11) is 0. The van der Waals surface area contributed by atoms with Gasteiger partial charge < -0.3 is 0 Å². The average molecular weight is 323 g/mol. The lowest BCUT2D eigenvalue weighted by Crippen LogP contribution is -2.18. The van der Waals surface area contributed by atoms with Gasteiger partial charge in [0.25, 0.3) is 0 Å². The number of ketones is 1. The van der Waals surface area contributed by atoms with Gasteiger partial charge in [0.2, 0.25) is 0 Å². The van der Waals surface area contributed by atoms with Gasteiger partial charge in [-0.3, -0.25) is 4.79 Å². The molecule has 1 fully saturated rings. The predicted octanol–water partition coefficient (Wildman–Crippen LogP) is 4.83. The molecule has 3 nitrogen and oxygen atoms in total. The highest BCUT2D eigenvalue weighted by Gasteiger charge is 2.24. The number of nitrogens with zero attached hydrogens (tertiary/aromatic N) is 2. The van der Waals surface area contributed by atoms with E-state index >= 15 is 0 Å². The number of Topliss-reactive ketones (excluding diaryl/α,β-unsaturated/α-hetero) is 1. The van der Waals surface area contributed by atoms with Crippen LogP contribution in [-0.4, -0.2) is 21.6 Å². The van der Waals surface area contributed by atoms with Crippen molar-refractivity contribution in [2.75, 3.05) is 5.88 Å². The zero-order valence-corrected chi connectivity index (χ0v) is 14.3. The number of aromatic nitrogens is 2. The Balaban J connectivity index is 1.78. The number of hydrogen-bond donors (Lipinski definition) is 0. The van der Waals surface area contributed by atoms with E-state index in [0.717, 1.165) is 49.5 Å². The van der Waals surface area contributed by atoms with Crippen molar-refractivity contribution in [2.24, 2.45) is 11.8 Å². The standard InChI is InChI=1S/C18H27ClN2O/c1-2-4-16-12-20-18(21-13-16)17(22)11-15-8-6-14(7-9-15)5-3-10-19/h12-15H,2-11H2,1H3/t14-,15-. The molecule has 0 saturated heterocycles. The Bertz CT molecular complexity index is 453. The van der Waals surface area contributed by atoms with E-state index in [-0.39, 0.29) is 5.78 Å². The molecule has 0 aromatic carbocycles. The second-order valence-corrected chi connectivity index (χ2v) is 6.89. The molecular formula is C18H27ClN2O. The van der Waals surface area contributed by atoms with Crippen LogP contribution in [0.4, 0.5) is 0 Å². The number of rotatable bonds is 8. The van der Waals surface area contributed by atoms with Crippen LogP contribution in [0.5, 0.6) is 0 Å². The molecule has 0 radical (unpaired) electrons. The molecule has 1 aromatic heterocycles. The normalized spacial score (nSPS) is 21.7. The van der Waals surface area contributed by atoms with Gasteiger partial charge in [-0.15, -0.1) is 11.6 Å². The van der Waals surface area contributed by atoms with Crippen LogP contribution in [0.2, 0.25) is 0 Å². The van der Waals surface area contributed by atoms with Crippen LogP contribution in [0.15, 0.2) is 12.4 Å². The van der Waals surface area contributed by atoms with E-state index < -0.39 is 0 Å². The summed E-state index contributed by atoms with van der Waals surface area (Å²) in [6.45, 7) is 2.13. The van der Waals surface area contributed by atoms with Gasteiger partial charge in [-0.2, -0.15) is 0 Å². The summed E-state index contributed by atoms with van der Waals surface area (Å²) in [5.74, 6) is 2.59. The lowest BCUT2D eigenvalue weighted by molar-refractivity contribution is 0.0931. The number of carbonyl (C=O) groups is 1. The van der Waals surface area contributed by atoms with Crippen LogP contribution in [0.3, 0.4) is 0 Å². The molecule has 1 aromatic rings. The zero-order valence-electron chi connectivity index (χ0n) is 13.6. The number of alkyl halides is 1. The zero-order chi connectivity index (χ0) is 15.8. The fraction of sp³-hybridized carbons (Fsp3) is 0.722. The van der Waals surface area contributed by atoms with Gasteiger partial charge in [0.05, 0.1) is 0 Å². The van der Waals surface area contributed by atoms with Gasteiger partial charge in [-0.25, -0.2) is 9.97 Å². The molecule has 0 bridgehead atoms. The molecule has 0 unspecified atom stereocenters. The summed E-state index contributed by atoms with van der Waals surface area (Å²) in [4.78, 5) is 20.8. The fourth-order valence-corrected chi connectivity index (χ4v) is 3.51. The molecule has 1 aliphatic rings. The number of halogens is 1. The molecule has 0 amide bonds. The first-order valence-corrected chi connectivity index (χ1v) is 9.16. The fourth-order valence-electron chi connectivity index (χ4n) is 3.36. The van der Waals surface area contributed by atoms with Crippen LogP contribution in [0.25, 0.3) is 0 Å². The van der Waals surface area contributed by atoms with Crippen molar-refractivity contribution in [2.45, 2.75) is 64.7 Å². The molecule has 0 spiro atoms. The monoisotopic (exact) mass is 322 g/mol. The average Bonchev–Trinajstić information content (AvgIpc) is 2.55. The number of carbonyl (C=O) groups excluding carboxylic acids is 1. The van der Waals surface area contributed by atoms with Gasteiger partial charge >= 0.3 is 0 Å². The van der Waals surface area contributed by atoms with Crippen molar-refractivity contribution in [1.29, 1.82) is 0 Å². The molecule has 0 N–H and O–H groups in total. The summed E-state index contributed by atoms with van der Waals surface area (Å²) in [6.07, 6.45) is 13.4. The second-order valence-electron chi connectivity index (χ2n) is 6.51. The van der Waals surface area contributed by atoms with Crippen LogP contribution >= 0.6 is 11.6 Å². The first-order valence-electron chi connectivity index (χ1n) is 8.63. The molecule has 4 heteroatoms. The van der Waals surface area contributed by atoms with Gasteiger partial charge in [0.15, 0.2) is 11.6 Å². The Labute approximate surface area is 138 Å². The van der Waals surface area contributed by atoms with Crippen molar-refractivity contribution in [3.63, 3.8) is 0 Å². The van der Waals surface area contributed by atoms with Gasteiger partial charge in [-0.05, 0) is 49.5 Å². The largest absolute Gasteiger partial charge is 0.291 e. The Morgan fingerprint density at radius 1 is 1.18 bits per heavy atom. The van der Waals surface area contributed by atoms with Crippen LogP contribution < -0.4 is 0 Å². The number of hydrogen-bond acceptors (Lipinski definition) is 3. The molecule has 22 heavy (non-hydrogen) atoms. The molecule has 0 atom stereocenters. The lowest BCUT2D eigenvalue weighted by Gasteiger charge is -2.27. The van der Waals surface area contributed by atoms with Gasteiger partial charge in [-0.1, -0.05) is 26.2 Å². The van der Waals surface area contributed by atoms with Crippen LogP contribution in [-0.2, 0) is 6.42 Å². The number of aryl methyl sites for hydroxylation is 1. The lowest BCUT2D eigenvalue weighted by atomic mass is 9.78. The highest BCUT2D eigenvalue weighted by Crippen LogP contribution is 2.33. The Morgan fingerprint density at radius 3 is 2.41 bits per heavy atom. The Kier molecular flexibility index (Phi) is 7.31. The Hall–Kier alpha value is -0.960. The maximum Gasteiger partial charge on any atom is 0.200 e. The molecular weight excluding hydrogens is 296 g/mol. The van der Waals surface area contributed by atoms with Crippen molar-refractivity contribution in [1.82, 2.24) is 9.97 Å². The van der Waals surface area contributed by atoms with E-state index in [0.29, 0.717) is 18.2 Å². The third-order valence-corrected chi connectivity index (χ3v) is 4.95. The minimum absolute atomic E-state index is 0.104. The van der Waals surface area contributed by atoms with Crippen molar-refractivity contribution in [3.8, 4) is 0 Å². The Morgan fingerprint density at radius 2 is 1.82 bits per heavy atom. The summed E-state index contributed by atoms with van der Waals surface area (Å²) < 4.78 is 0. The van der Waals surface area contributed by atoms with E-state index in [1.165, 1.54) is 19.3 Å². The first-order chi connectivity index (χ1) is 10.7. The van der Waals surface area contributed by atoms with Crippen LogP contribution in [0.1, 0.15) is 74.5 Å². The molecule has 1 heterocycles. The van der Waals surface area contributed by atoms with E-state index in [9.17, 15) is 4.79 Å². The van der Waals surface area contributed by atoms with Crippen molar-refractivity contribution >= 4 is 17.4 Å². The first kappa shape index (κ1) is 17.4. The maximum absolute atomic E-state index is 12.3. The minimum Gasteiger partial charge on any atom is -0.291 e. The highest BCUT2D eigenvalue weighted by atomic mass is 35.5. The summed E-state index contributed by atoms with van der Waals surface area (Å²) in [5.41, 5.74) is 1.11. The van der Waals surface area contributed by atoms with E-state index in [1.54, 1.807) is 12.4 Å². The van der Waals surface area contributed by atoms with Crippen LogP contribution in [0, 0.1) is 11.8 Å². The summed E-state index contributed by atoms with van der Waals surface area (Å²) in [5, 5.41) is 0. The maximum atomic E-state index is 12.3. The minimum atomic E-state index is 0.104. The summed E-state index contributed by atoms with van der Waals surface area (Å²) >= 11 is 5.76. The second kappa shape index (κ2) is 9.24. The van der Waals surface area contributed by atoms with Gasteiger partial charge in [0, 0.05) is 24.7 Å².